The number of methoxy groups -OCH3 is 1. The van der Waals surface area contributed by atoms with Gasteiger partial charge in [-0.05, 0) is 27.2 Å². The molecule has 0 amide bonds. The molecule has 1 atom stereocenters. The van der Waals surface area contributed by atoms with Gasteiger partial charge in [-0.15, -0.1) is 0 Å². The normalized spacial score (nSPS) is 11.5. The van der Waals surface area contributed by atoms with Crippen molar-refractivity contribution in [2.24, 2.45) is 0 Å². The van der Waals surface area contributed by atoms with Gasteiger partial charge in [0.15, 0.2) is 11.4 Å². The molecule has 1 N–H and O–H groups in total. The molecule has 7 nitrogen and oxygen atoms in total. The first-order valence-corrected chi connectivity index (χ1v) is 7.78. The SMILES string of the molecule is CCCCNc1nc(N(C(C)C)C(C)C#N)nc(OC)c1C#N. The van der Waals surface area contributed by atoms with E-state index >= 15 is 0 Å². The third-order valence-corrected chi connectivity index (χ3v) is 3.38. The summed E-state index contributed by atoms with van der Waals surface area (Å²) in [6.45, 7) is 8.52. The van der Waals surface area contributed by atoms with Gasteiger partial charge in [0.05, 0.1) is 13.2 Å². The van der Waals surface area contributed by atoms with Gasteiger partial charge in [-0.2, -0.15) is 20.5 Å². The fourth-order valence-corrected chi connectivity index (χ4v) is 2.22. The zero-order valence-corrected chi connectivity index (χ0v) is 14.4. The number of anilines is 2. The number of hydrogen-bond acceptors (Lipinski definition) is 7. The first-order chi connectivity index (χ1) is 11.0. The van der Waals surface area contributed by atoms with Crippen molar-refractivity contribution < 1.29 is 4.74 Å². The summed E-state index contributed by atoms with van der Waals surface area (Å²) in [5, 5.41) is 21.8. The van der Waals surface area contributed by atoms with Gasteiger partial charge in [0.2, 0.25) is 11.8 Å². The summed E-state index contributed by atoms with van der Waals surface area (Å²) < 4.78 is 5.24. The van der Waals surface area contributed by atoms with Crippen molar-refractivity contribution in [2.45, 2.75) is 52.6 Å². The minimum atomic E-state index is -0.392. The van der Waals surface area contributed by atoms with Crippen molar-refractivity contribution in [3.63, 3.8) is 0 Å². The highest BCUT2D eigenvalue weighted by molar-refractivity contribution is 5.60. The van der Waals surface area contributed by atoms with E-state index in [9.17, 15) is 10.5 Å². The van der Waals surface area contributed by atoms with Crippen molar-refractivity contribution >= 4 is 11.8 Å². The lowest BCUT2D eigenvalue weighted by molar-refractivity contribution is 0.395. The molecule has 0 aromatic carbocycles. The molecule has 1 aromatic heterocycles. The van der Waals surface area contributed by atoms with Gasteiger partial charge >= 0.3 is 0 Å². The number of unbranched alkanes of at least 4 members (excludes halogenated alkanes) is 1. The van der Waals surface area contributed by atoms with E-state index < -0.39 is 6.04 Å². The van der Waals surface area contributed by atoms with E-state index in [-0.39, 0.29) is 17.5 Å². The maximum Gasteiger partial charge on any atom is 0.238 e. The van der Waals surface area contributed by atoms with Crippen LogP contribution in [0.25, 0.3) is 0 Å². The average molecular weight is 316 g/mol. The predicted octanol–water partition coefficient (Wildman–Crippen LogP) is 2.70. The highest BCUT2D eigenvalue weighted by Crippen LogP contribution is 2.27. The molecule has 0 aliphatic heterocycles. The summed E-state index contributed by atoms with van der Waals surface area (Å²) in [6, 6.07) is 3.93. The van der Waals surface area contributed by atoms with Gasteiger partial charge in [-0.25, -0.2) is 0 Å². The number of rotatable bonds is 8. The van der Waals surface area contributed by atoms with Crippen LogP contribution in [-0.4, -0.2) is 35.7 Å². The van der Waals surface area contributed by atoms with Crippen LogP contribution in [0, 0.1) is 22.7 Å². The third-order valence-electron chi connectivity index (χ3n) is 3.38. The van der Waals surface area contributed by atoms with E-state index in [0.717, 1.165) is 12.8 Å². The standard InChI is InChI=1S/C16H24N6O/c1-6-7-8-19-14-13(10-18)15(23-5)21-16(20-14)22(11(2)3)12(4)9-17/h11-12H,6-8H2,1-5H3,(H,19,20,21). The smallest absolute Gasteiger partial charge is 0.238 e. The van der Waals surface area contributed by atoms with Gasteiger partial charge in [0, 0.05) is 12.6 Å². The Morgan fingerprint density at radius 1 is 1.26 bits per heavy atom. The van der Waals surface area contributed by atoms with E-state index in [1.54, 1.807) is 11.8 Å². The second-order valence-electron chi connectivity index (χ2n) is 5.45. The van der Waals surface area contributed by atoms with Crippen molar-refractivity contribution in [3.05, 3.63) is 5.56 Å². The topological polar surface area (TPSA) is 97.9 Å². The first kappa shape index (κ1) is 18.5. The second-order valence-corrected chi connectivity index (χ2v) is 5.45. The van der Waals surface area contributed by atoms with Gasteiger partial charge in [-0.3, -0.25) is 0 Å². The van der Waals surface area contributed by atoms with Crippen molar-refractivity contribution in [1.29, 1.82) is 10.5 Å². The maximum atomic E-state index is 9.36. The number of aromatic nitrogens is 2. The van der Waals surface area contributed by atoms with Crippen LogP contribution in [-0.2, 0) is 0 Å². The second kappa shape index (κ2) is 8.79. The number of ether oxygens (including phenoxy) is 1. The van der Waals surface area contributed by atoms with Crippen LogP contribution < -0.4 is 15.0 Å². The molecule has 0 saturated heterocycles. The predicted molar refractivity (Wildman–Crippen MR) is 89.4 cm³/mol. The zero-order valence-electron chi connectivity index (χ0n) is 14.4. The Kier molecular flexibility index (Phi) is 7.08. The summed E-state index contributed by atoms with van der Waals surface area (Å²) in [6.07, 6.45) is 2.00. The Morgan fingerprint density at radius 3 is 2.43 bits per heavy atom. The van der Waals surface area contributed by atoms with E-state index in [0.29, 0.717) is 18.3 Å². The lowest BCUT2D eigenvalue weighted by atomic mass is 10.2. The number of hydrogen-bond donors (Lipinski definition) is 1. The number of nitriles is 2. The van der Waals surface area contributed by atoms with Gasteiger partial charge < -0.3 is 15.0 Å². The van der Waals surface area contributed by atoms with E-state index in [2.05, 4.69) is 34.3 Å². The van der Waals surface area contributed by atoms with Crippen LogP contribution in [0.4, 0.5) is 11.8 Å². The molecule has 0 bridgehead atoms. The van der Waals surface area contributed by atoms with E-state index in [4.69, 9.17) is 4.74 Å². The summed E-state index contributed by atoms with van der Waals surface area (Å²) >= 11 is 0. The molecule has 1 unspecified atom stereocenters. The molecule has 1 rings (SSSR count). The minimum absolute atomic E-state index is 0.0331. The Hall–Kier alpha value is -2.54. The molecular formula is C16H24N6O. The van der Waals surface area contributed by atoms with Crippen molar-refractivity contribution in [3.8, 4) is 18.0 Å². The molecule has 7 heteroatoms. The molecule has 124 valence electrons. The minimum Gasteiger partial charge on any atom is -0.480 e. The summed E-state index contributed by atoms with van der Waals surface area (Å²) in [5.41, 5.74) is 0.278. The first-order valence-electron chi connectivity index (χ1n) is 7.78. The Morgan fingerprint density at radius 2 is 1.96 bits per heavy atom. The molecule has 0 saturated carbocycles. The molecule has 0 aliphatic rings. The van der Waals surface area contributed by atoms with E-state index in [1.807, 2.05) is 13.8 Å². The molecule has 0 radical (unpaired) electrons. The van der Waals surface area contributed by atoms with Crippen LogP contribution in [0.1, 0.15) is 46.1 Å². The lowest BCUT2D eigenvalue weighted by Crippen LogP contribution is -2.39. The highest BCUT2D eigenvalue weighted by atomic mass is 16.5. The summed E-state index contributed by atoms with van der Waals surface area (Å²) in [4.78, 5) is 10.6. The zero-order chi connectivity index (χ0) is 17.4. The Labute approximate surface area is 137 Å². The molecule has 0 fully saturated rings. The molecule has 23 heavy (non-hydrogen) atoms. The van der Waals surface area contributed by atoms with Crippen LogP contribution in [0.2, 0.25) is 0 Å². The van der Waals surface area contributed by atoms with Crippen molar-refractivity contribution in [2.75, 3.05) is 23.9 Å². The quantitative estimate of drug-likeness (QED) is 0.736. The molecule has 0 spiro atoms. The Balaban J connectivity index is 3.35. The Bertz CT molecular complexity index is 602. The van der Waals surface area contributed by atoms with Crippen LogP contribution in [0.15, 0.2) is 0 Å². The summed E-state index contributed by atoms with van der Waals surface area (Å²) in [7, 11) is 1.47. The number of nitrogens with zero attached hydrogens (tertiary/aromatic N) is 5. The lowest BCUT2D eigenvalue weighted by Gasteiger charge is -2.29. The average Bonchev–Trinajstić information content (AvgIpc) is 2.54. The largest absolute Gasteiger partial charge is 0.480 e. The van der Waals surface area contributed by atoms with Crippen LogP contribution in [0.3, 0.4) is 0 Å². The van der Waals surface area contributed by atoms with Crippen molar-refractivity contribution in [1.82, 2.24) is 9.97 Å². The third kappa shape index (κ3) is 4.46. The maximum absolute atomic E-state index is 9.36. The molecular weight excluding hydrogens is 292 g/mol. The van der Waals surface area contributed by atoms with Crippen LogP contribution in [0.5, 0.6) is 5.88 Å². The van der Waals surface area contributed by atoms with E-state index in [1.165, 1.54) is 7.11 Å². The highest BCUT2D eigenvalue weighted by Gasteiger charge is 2.24. The molecule has 0 aliphatic carbocycles. The van der Waals surface area contributed by atoms with Gasteiger partial charge in [0.1, 0.15) is 12.1 Å². The van der Waals surface area contributed by atoms with Gasteiger partial charge in [-0.1, -0.05) is 13.3 Å². The summed E-state index contributed by atoms with van der Waals surface area (Å²) in [5.74, 6) is 1.04. The van der Waals surface area contributed by atoms with Gasteiger partial charge in [0.25, 0.3) is 0 Å². The number of nitrogens with one attached hydrogen (secondary N) is 1. The van der Waals surface area contributed by atoms with Crippen LogP contribution >= 0.6 is 0 Å². The monoisotopic (exact) mass is 316 g/mol. The molecule has 1 heterocycles. The fraction of sp³-hybridized carbons (Fsp3) is 0.625. The fourth-order valence-electron chi connectivity index (χ4n) is 2.22. The molecule has 1 aromatic rings.